The summed E-state index contributed by atoms with van der Waals surface area (Å²) in [6.45, 7) is 0. The Morgan fingerprint density at radius 3 is 2.04 bits per heavy atom. The van der Waals surface area contributed by atoms with Crippen LogP contribution < -0.4 is 0 Å². The minimum atomic E-state index is -4.34. The van der Waals surface area contributed by atoms with Crippen LogP contribution in [0.2, 0.25) is 0 Å². The molecule has 0 spiro atoms. The predicted octanol–water partition coefficient (Wildman–Crippen LogP) is 5.93. The smallest absolute Gasteiger partial charge is 0.327 e. The van der Waals surface area contributed by atoms with Gasteiger partial charge in [-0.25, -0.2) is 4.98 Å². The lowest BCUT2D eigenvalue weighted by Gasteiger charge is -2.11. The van der Waals surface area contributed by atoms with Crippen molar-refractivity contribution in [2.24, 2.45) is 7.05 Å². The Bertz CT molecular complexity index is 1080. The number of halogens is 3. The van der Waals surface area contributed by atoms with E-state index in [2.05, 4.69) is 0 Å². The van der Waals surface area contributed by atoms with Gasteiger partial charge >= 0.3 is 6.18 Å². The number of fused-ring (bicyclic) bond motifs is 1. The Kier molecular flexibility index (Phi) is 3.80. The van der Waals surface area contributed by atoms with Crippen molar-refractivity contribution >= 4 is 11.0 Å². The summed E-state index contributed by atoms with van der Waals surface area (Å²) in [4.78, 5) is 4.71. The van der Waals surface area contributed by atoms with E-state index in [0.29, 0.717) is 0 Å². The number of nitrogens with zero attached hydrogens (tertiary/aromatic N) is 2. The van der Waals surface area contributed by atoms with E-state index in [1.807, 2.05) is 60.1 Å². The van der Waals surface area contributed by atoms with E-state index in [1.54, 1.807) is 0 Å². The fourth-order valence-electron chi connectivity index (χ4n) is 3.16. The Morgan fingerprint density at radius 1 is 0.769 bits per heavy atom. The molecule has 0 fully saturated rings. The molecule has 26 heavy (non-hydrogen) atoms. The van der Waals surface area contributed by atoms with Crippen molar-refractivity contribution in [3.63, 3.8) is 0 Å². The summed E-state index contributed by atoms with van der Waals surface area (Å²) in [5.41, 5.74) is 3.68. The first-order valence-electron chi connectivity index (χ1n) is 8.13. The zero-order valence-electron chi connectivity index (χ0n) is 14.0. The highest BCUT2D eigenvalue weighted by molar-refractivity contribution is 5.86. The van der Waals surface area contributed by atoms with Crippen LogP contribution in [0.4, 0.5) is 13.2 Å². The maximum atomic E-state index is 12.8. The van der Waals surface area contributed by atoms with Crippen molar-refractivity contribution in [3.05, 3.63) is 78.4 Å². The molecule has 0 saturated carbocycles. The molecule has 0 amide bonds. The number of aryl methyl sites for hydroxylation is 1. The maximum Gasteiger partial charge on any atom is 0.416 e. The van der Waals surface area contributed by atoms with Gasteiger partial charge in [0.1, 0.15) is 5.82 Å². The third-order valence-electron chi connectivity index (χ3n) is 4.48. The Labute approximate surface area is 148 Å². The molecule has 0 aliphatic carbocycles. The first-order chi connectivity index (χ1) is 12.4. The highest BCUT2D eigenvalue weighted by Crippen LogP contribution is 2.35. The molecular weight excluding hydrogens is 337 g/mol. The standard InChI is InChI=1S/C21H15F3N2/c1-26-19-9-5-4-8-18(19)25-20(26)17-7-3-2-6-16(17)14-10-12-15(13-11-14)21(22,23)24/h2-13H,1H3. The molecule has 0 aliphatic rings. The number of hydrogen-bond acceptors (Lipinski definition) is 1. The molecule has 0 unspecified atom stereocenters. The van der Waals surface area contributed by atoms with Crippen molar-refractivity contribution < 1.29 is 13.2 Å². The minimum absolute atomic E-state index is 0.651. The second-order valence-electron chi connectivity index (χ2n) is 6.10. The third-order valence-corrected chi connectivity index (χ3v) is 4.48. The molecule has 3 aromatic carbocycles. The van der Waals surface area contributed by atoms with Gasteiger partial charge in [0.25, 0.3) is 0 Å². The van der Waals surface area contributed by atoms with Crippen molar-refractivity contribution in [1.82, 2.24) is 9.55 Å². The van der Waals surface area contributed by atoms with Crippen molar-refractivity contribution in [1.29, 1.82) is 0 Å². The zero-order chi connectivity index (χ0) is 18.3. The summed E-state index contributed by atoms with van der Waals surface area (Å²) in [6.07, 6.45) is -4.34. The lowest BCUT2D eigenvalue weighted by atomic mass is 9.98. The molecule has 0 atom stereocenters. The fourth-order valence-corrected chi connectivity index (χ4v) is 3.16. The molecule has 4 rings (SSSR count). The van der Waals surface area contributed by atoms with Gasteiger partial charge in [-0.1, -0.05) is 48.5 Å². The summed E-state index contributed by atoms with van der Waals surface area (Å²) in [5.74, 6) is 0.779. The number of alkyl halides is 3. The predicted molar refractivity (Wildman–Crippen MR) is 96.6 cm³/mol. The second kappa shape index (κ2) is 6.02. The molecule has 1 heterocycles. The van der Waals surface area contributed by atoms with Crippen molar-refractivity contribution in [3.8, 4) is 22.5 Å². The summed E-state index contributed by atoms with van der Waals surface area (Å²) in [7, 11) is 1.94. The van der Waals surface area contributed by atoms with Crippen LogP contribution in [0.1, 0.15) is 5.56 Å². The SMILES string of the molecule is Cn1c(-c2ccccc2-c2ccc(C(F)(F)F)cc2)nc2ccccc21. The van der Waals surface area contributed by atoms with Crippen molar-refractivity contribution in [2.75, 3.05) is 0 Å². The molecule has 0 aliphatic heterocycles. The number of imidazole rings is 1. The van der Waals surface area contributed by atoms with Gasteiger partial charge in [0.15, 0.2) is 0 Å². The van der Waals surface area contributed by atoms with E-state index >= 15 is 0 Å². The molecule has 130 valence electrons. The van der Waals surface area contributed by atoms with Gasteiger partial charge in [0.05, 0.1) is 16.6 Å². The highest BCUT2D eigenvalue weighted by atomic mass is 19.4. The highest BCUT2D eigenvalue weighted by Gasteiger charge is 2.30. The van der Waals surface area contributed by atoms with Gasteiger partial charge in [0.2, 0.25) is 0 Å². The van der Waals surface area contributed by atoms with Crippen LogP contribution in [0, 0.1) is 0 Å². The van der Waals surface area contributed by atoms with E-state index in [-0.39, 0.29) is 0 Å². The molecule has 1 aromatic heterocycles. The van der Waals surface area contributed by atoms with Crippen LogP contribution >= 0.6 is 0 Å². The Hall–Kier alpha value is -3.08. The van der Waals surface area contributed by atoms with Gasteiger partial charge in [-0.05, 0) is 35.4 Å². The molecule has 2 nitrogen and oxygen atoms in total. The first-order valence-corrected chi connectivity index (χ1v) is 8.13. The van der Waals surface area contributed by atoms with Gasteiger partial charge < -0.3 is 4.57 Å². The minimum Gasteiger partial charge on any atom is -0.327 e. The molecule has 0 radical (unpaired) electrons. The van der Waals surface area contributed by atoms with E-state index in [0.717, 1.165) is 45.7 Å². The summed E-state index contributed by atoms with van der Waals surface area (Å²) >= 11 is 0. The van der Waals surface area contributed by atoms with Crippen LogP contribution in [0.3, 0.4) is 0 Å². The van der Waals surface area contributed by atoms with E-state index in [4.69, 9.17) is 4.98 Å². The molecule has 0 saturated heterocycles. The van der Waals surface area contributed by atoms with Crippen molar-refractivity contribution in [2.45, 2.75) is 6.18 Å². The fraction of sp³-hybridized carbons (Fsp3) is 0.0952. The average molecular weight is 352 g/mol. The number of hydrogen-bond donors (Lipinski definition) is 0. The normalized spacial score (nSPS) is 11.8. The quantitative estimate of drug-likeness (QED) is 0.437. The van der Waals surface area contributed by atoms with E-state index in [1.165, 1.54) is 12.1 Å². The summed E-state index contributed by atoms with van der Waals surface area (Å²) < 4.78 is 40.5. The summed E-state index contributed by atoms with van der Waals surface area (Å²) in [6, 6.07) is 20.7. The lowest BCUT2D eigenvalue weighted by molar-refractivity contribution is -0.137. The van der Waals surface area contributed by atoms with Gasteiger partial charge in [-0.15, -0.1) is 0 Å². The van der Waals surface area contributed by atoms with Crippen LogP contribution in [-0.2, 0) is 13.2 Å². The van der Waals surface area contributed by atoms with E-state index < -0.39 is 11.7 Å². The average Bonchev–Trinajstić information content (AvgIpc) is 2.98. The topological polar surface area (TPSA) is 17.8 Å². The number of aromatic nitrogens is 2. The maximum absolute atomic E-state index is 12.8. The monoisotopic (exact) mass is 352 g/mol. The van der Waals surface area contributed by atoms with Crippen LogP contribution in [0.5, 0.6) is 0 Å². The molecule has 0 N–H and O–H groups in total. The molecular formula is C21H15F3N2. The number of benzene rings is 3. The Morgan fingerprint density at radius 2 is 1.38 bits per heavy atom. The summed E-state index contributed by atoms with van der Waals surface area (Å²) in [5, 5.41) is 0. The largest absolute Gasteiger partial charge is 0.416 e. The first kappa shape index (κ1) is 16.4. The number of para-hydroxylation sites is 2. The van der Waals surface area contributed by atoms with Crippen LogP contribution in [0.25, 0.3) is 33.5 Å². The zero-order valence-corrected chi connectivity index (χ0v) is 14.0. The third kappa shape index (κ3) is 2.75. The van der Waals surface area contributed by atoms with Crippen LogP contribution in [-0.4, -0.2) is 9.55 Å². The molecule has 0 bridgehead atoms. The molecule has 5 heteroatoms. The van der Waals surface area contributed by atoms with E-state index in [9.17, 15) is 13.2 Å². The molecule has 4 aromatic rings. The second-order valence-corrected chi connectivity index (χ2v) is 6.10. The van der Waals surface area contributed by atoms with Gasteiger partial charge in [-0.3, -0.25) is 0 Å². The number of rotatable bonds is 2. The van der Waals surface area contributed by atoms with Gasteiger partial charge in [0, 0.05) is 12.6 Å². The van der Waals surface area contributed by atoms with Gasteiger partial charge in [-0.2, -0.15) is 13.2 Å². The lowest BCUT2D eigenvalue weighted by Crippen LogP contribution is -2.04. The Balaban J connectivity index is 1.86. The van der Waals surface area contributed by atoms with Crippen LogP contribution in [0.15, 0.2) is 72.8 Å².